The minimum atomic E-state index is -0.357. The van der Waals surface area contributed by atoms with E-state index >= 15 is 0 Å². The van der Waals surface area contributed by atoms with Crippen molar-refractivity contribution in [1.82, 2.24) is 9.88 Å². The van der Waals surface area contributed by atoms with E-state index < -0.39 is 0 Å². The van der Waals surface area contributed by atoms with Crippen LogP contribution in [0, 0.1) is 6.92 Å². The van der Waals surface area contributed by atoms with Gasteiger partial charge in [-0.3, -0.25) is 0 Å². The van der Waals surface area contributed by atoms with Crippen LogP contribution in [0.4, 0.5) is 5.13 Å². The lowest BCUT2D eigenvalue weighted by Crippen LogP contribution is -2.27. The van der Waals surface area contributed by atoms with E-state index in [-0.39, 0.29) is 5.97 Å². The SMILES string of the molecule is CCN(CCCN(C)C)c1nc(C(=O)OC)c(C)s1. The maximum atomic E-state index is 11.6. The van der Waals surface area contributed by atoms with Crippen molar-refractivity contribution in [1.29, 1.82) is 0 Å². The molecule has 0 aliphatic carbocycles. The first-order valence-corrected chi connectivity index (χ1v) is 7.26. The molecule has 0 saturated heterocycles. The van der Waals surface area contributed by atoms with Crippen LogP contribution in [0.2, 0.25) is 0 Å². The van der Waals surface area contributed by atoms with E-state index in [2.05, 4.69) is 35.8 Å². The Balaban J connectivity index is 2.73. The summed E-state index contributed by atoms with van der Waals surface area (Å²) in [6.45, 7) is 6.89. The molecular formula is C13H23N3O2S. The highest BCUT2D eigenvalue weighted by molar-refractivity contribution is 7.15. The summed E-state index contributed by atoms with van der Waals surface area (Å²) in [4.78, 5) is 21.2. The molecule has 108 valence electrons. The number of thiazole rings is 1. The molecular weight excluding hydrogens is 262 g/mol. The molecule has 0 amide bonds. The van der Waals surface area contributed by atoms with E-state index in [1.54, 1.807) is 11.3 Å². The Bertz CT molecular complexity index is 418. The molecule has 0 aliphatic heterocycles. The van der Waals surface area contributed by atoms with E-state index in [4.69, 9.17) is 4.74 Å². The van der Waals surface area contributed by atoms with Crippen LogP contribution >= 0.6 is 11.3 Å². The standard InChI is InChI=1S/C13H23N3O2S/c1-6-16(9-7-8-15(3)4)13-14-11(10(2)19-13)12(17)18-5/h6-9H2,1-5H3. The highest BCUT2D eigenvalue weighted by Crippen LogP contribution is 2.26. The van der Waals surface area contributed by atoms with Crippen LogP contribution < -0.4 is 4.90 Å². The van der Waals surface area contributed by atoms with E-state index in [1.165, 1.54) is 7.11 Å². The molecule has 0 bridgehead atoms. The van der Waals surface area contributed by atoms with Crippen molar-refractivity contribution in [3.63, 3.8) is 0 Å². The zero-order valence-electron chi connectivity index (χ0n) is 12.4. The highest BCUT2D eigenvalue weighted by atomic mass is 32.1. The number of aromatic nitrogens is 1. The third kappa shape index (κ3) is 4.47. The van der Waals surface area contributed by atoms with Gasteiger partial charge in [0.2, 0.25) is 0 Å². The number of methoxy groups -OCH3 is 1. The first kappa shape index (κ1) is 15.9. The van der Waals surface area contributed by atoms with Crippen molar-refractivity contribution >= 4 is 22.4 Å². The summed E-state index contributed by atoms with van der Waals surface area (Å²) in [6.07, 6.45) is 1.08. The average Bonchev–Trinajstić information content (AvgIpc) is 2.75. The van der Waals surface area contributed by atoms with Crippen LogP contribution in [0.5, 0.6) is 0 Å². The minimum absolute atomic E-state index is 0.357. The molecule has 0 saturated carbocycles. The van der Waals surface area contributed by atoms with Gasteiger partial charge in [-0.05, 0) is 40.9 Å². The van der Waals surface area contributed by atoms with Crippen LogP contribution in [0.15, 0.2) is 0 Å². The third-order valence-electron chi connectivity index (χ3n) is 2.85. The Morgan fingerprint density at radius 3 is 2.58 bits per heavy atom. The predicted octanol–water partition coefficient (Wildman–Crippen LogP) is 2.02. The van der Waals surface area contributed by atoms with Crippen LogP contribution in [-0.4, -0.2) is 56.7 Å². The molecule has 0 N–H and O–H groups in total. The van der Waals surface area contributed by atoms with Crippen LogP contribution in [0.25, 0.3) is 0 Å². The van der Waals surface area contributed by atoms with Gasteiger partial charge in [0.05, 0.1) is 7.11 Å². The molecule has 0 aromatic carbocycles. The summed E-state index contributed by atoms with van der Waals surface area (Å²) in [5.41, 5.74) is 0.438. The molecule has 0 unspecified atom stereocenters. The Hall–Kier alpha value is -1.14. The average molecular weight is 285 g/mol. The van der Waals surface area contributed by atoms with Crippen molar-refractivity contribution in [2.75, 3.05) is 45.7 Å². The van der Waals surface area contributed by atoms with Gasteiger partial charge in [-0.25, -0.2) is 9.78 Å². The number of esters is 1. The number of rotatable bonds is 7. The topological polar surface area (TPSA) is 45.7 Å². The molecule has 1 heterocycles. The summed E-state index contributed by atoms with van der Waals surface area (Å²) >= 11 is 1.55. The number of carbonyl (C=O) groups is 1. The number of carbonyl (C=O) groups excluding carboxylic acids is 1. The van der Waals surface area contributed by atoms with Gasteiger partial charge >= 0.3 is 5.97 Å². The molecule has 0 aliphatic rings. The van der Waals surface area contributed by atoms with Crippen LogP contribution in [-0.2, 0) is 4.74 Å². The number of ether oxygens (including phenoxy) is 1. The molecule has 0 spiro atoms. The van der Waals surface area contributed by atoms with E-state index in [0.29, 0.717) is 5.69 Å². The second kappa shape index (κ2) is 7.45. The summed E-state index contributed by atoms with van der Waals surface area (Å²) in [7, 11) is 5.52. The Labute approximate surface area is 119 Å². The lowest BCUT2D eigenvalue weighted by molar-refractivity contribution is 0.0594. The maximum absolute atomic E-state index is 11.6. The lowest BCUT2D eigenvalue weighted by atomic mass is 10.3. The quantitative estimate of drug-likeness (QED) is 0.717. The zero-order chi connectivity index (χ0) is 14.4. The van der Waals surface area contributed by atoms with Crippen molar-refractivity contribution in [3.05, 3.63) is 10.6 Å². The predicted molar refractivity (Wildman–Crippen MR) is 79.2 cm³/mol. The summed E-state index contributed by atoms with van der Waals surface area (Å²) < 4.78 is 4.74. The fraction of sp³-hybridized carbons (Fsp3) is 0.692. The smallest absolute Gasteiger partial charge is 0.357 e. The van der Waals surface area contributed by atoms with Gasteiger partial charge in [-0.2, -0.15) is 0 Å². The summed E-state index contributed by atoms with van der Waals surface area (Å²) in [5.74, 6) is -0.357. The first-order valence-electron chi connectivity index (χ1n) is 6.45. The molecule has 1 aromatic rings. The molecule has 1 rings (SSSR count). The van der Waals surface area contributed by atoms with Gasteiger partial charge in [-0.1, -0.05) is 0 Å². The minimum Gasteiger partial charge on any atom is -0.464 e. The van der Waals surface area contributed by atoms with Gasteiger partial charge < -0.3 is 14.5 Å². The highest BCUT2D eigenvalue weighted by Gasteiger charge is 2.18. The van der Waals surface area contributed by atoms with Gasteiger partial charge in [0.15, 0.2) is 10.8 Å². The van der Waals surface area contributed by atoms with E-state index in [0.717, 1.165) is 36.1 Å². The molecule has 1 aromatic heterocycles. The number of hydrogen-bond acceptors (Lipinski definition) is 6. The Kier molecular flexibility index (Phi) is 6.24. The van der Waals surface area contributed by atoms with Gasteiger partial charge in [0.25, 0.3) is 0 Å². The first-order chi connectivity index (χ1) is 8.99. The Morgan fingerprint density at radius 2 is 2.05 bits per heavy atom. The third-order valence-corrected chi connectivity index (χ3v) is 3.88. The fourth-order valence-electron chi connectivity index (χ4n) is 1.77. The number of nitrogens with zero attached hydrogens (tertiary/aromatic N) is 3. The van der Waals surface area contributed by atoms with Crippen LogP contribution in [0.3, 0.4) is 0 Å². The van der Waals surface area contributed by atoms with Crippen molar-refractivity contribution in [2.45, 2.75) is 20.3 Å². The van der Waals surface area contributed by atoms with Gasteiger partial charge in [0.1, 0.15) is 0 Å². The zero-order valence-corrected chi connectivity index (χ0v) is 13.2. The second-order valence-corrected chi connectivity index (χ2v) is 5.81. The van der Waals surface area contributed by atoms with Crippen molar-refractivity contribution < 1.29 is 9.53 Å². The van der Waals surface area contributed by atoms with Gasteiger partial charge in [-0.15, -0.1) is 11.3 Å². The number of aryl methyl sites for hydroxylation is 1. The van der Waals surface area contributed by atoms with Crippen molar-refractivity contribution in [3.8, 4) is 0 Å². The molecule has 19 heavy (non-hydrogen) atoms. The molecule has 5 nitrogen and oxygen atoms in total. The van der Waals surface area contributed by atoms with E-state index in [1.807, 2.05) is 6.92 Å². The Morgan fingerprint density at radius 1 is 1.37 bits per heavy atom. The number of hydrogen-bond donors (Lipinski definition) is 0. The molecule has 0 fully saturated rings. The lowest BCUT2D eigenvalue weighted by Gasteiger charge is -2.20. The molecule has 6 heteroatoms. The second-order valence-electron chi connectivity index (χ2n) is 4.63. The van der Waals surface area contributed by atoms with Crippen molar-refractivity contribution in [2.24, 2.45) is 0 Å². The maximum Gasteiger partial charge on any atom is 0.357 e. The molecule has 0 atom stereocenters. The largest absolute Gasteiger partial charge is 0.464 e. The number of anilines is 1. The normalized spacial score (nSPS) is 10.8. The monoisotopic (exact) mass is 285 g/mol. The molecule has 0 radical (unpaired) electrons. The fourth-order valence-corrected chi connectivity index (χ4v) is 2.76. The van der Waals surface area contributed by atoms with Gasteiger partial charge in [0, 0.05) is 18.0 Å². The summed E-state index contributed by atoms with van der Waals surface area (Å²) in [6, 6.07) is 0. The van der Waals surface area contributed by atoms with Crippen LogP contribution in [0.1, 0.15) is 28.7 Å². The van der Waals surface area contributed by atoms with E-state index in [9.17, 15) is 4.79 Å². The summed E-state index contributed by atoms with van der Waals surface area (Å²) in [5, 5.41) is 0.902.